The number of thiophene rings is 1. The number of rotatable bonds is 4. The van der Waals surface area contributed by atoms with Crippen molar-refractivity contribution in [2.75, 3.05) is 19.6 Å². The molecule has 2 amide bonds. The smallest absolute Gasteiger partial charge is 0.261 e. The summed E-state index contributed by atoms with van der Waals surface area (Å²) in [7, 11) is 0. The lowest BCUT2D eigenvalue weighted by Gasteiger charge is -2.15. The minimum absolute atomic E-state index is 0.0304. The van der Waals surface area contributed by atoms with Gasteiger partial charge in [-0.3, -0.25) is 9.59 Å². The summed E-state index contributed by atoms with van der Waals surface area (Å²) in [5.74, 6) is -0.578. The fraction of sp³-hybridized carbons (Fsp3) is 0.294. The van der Waals surface area contributed by atoms with Crippen LogP contribution in [0.25, 0.3) is 10.4 Å². The zero-order valence-corrected chi connectivity index (χ0v) is 13.4. The van der Waals surface area contributed by atoms with E-state index in [9.17, 15) is 14.0 Å². The van der Waals surface area contributed by atoms with E-state index in [1.807, 2.05) is 6.07 Å². The van der Waals surface area contributed by atoms with E-state index < -0.39 is 0 Å². The van der Waals surface area contributed by atoms with Gasteiger partial charge in [0.1, 0.15) is 5.82 Å². The highest BCUT2D eigenvalue weighted by atomic mass is 32.1. The Balaban J connectivity index is 1.59. The monoisotopic (exact) mass is 332 g/mol. The predicted octanol–water partition coefficient (Wildman–Crippen LogP) is 2.91. The van der Waals surface area contributed by atoms with Crippen LogP contribution in [0.5, 0.6) is 0 Å². The second-order valence-electron chi connectivity index (χ2n) is 5.44. The summed E-state index contributed by atoms with van der Waals surface area (Å²) in [5.41, 5.74) is 0.864. The van der Waals surface area contributed by atoms with Crippen molar-refractivity contribution in [2.45, 2.75) is 12.8 Å². The summed E-state index contributed by atoms with van der Waals surface area (Å²) in [5, 5.41) is 2.67. The molecule has 0 radical (unpaired) electrons. The molecule has 2 heterocycles. The summed E-state index contributed by atoms with van der Waals surface area (Å²) >= 11 is 1.32. The normalized spacial score (nSPS) is 14.0. The van der Waals surface area contributed by atoms with Gasteiger partial charge in [0.25, 0.3) is 5.91 Å². The van der Waals surface area contributed by atoms with Gasteiger partial charge in [0.2, 0.25) is 5.91 Å². The summed E-state index contributed by atoms with van der Waals surface area (Å²) in [4.78, 5) is 27.3. The lowest BCUT2D eigenvalue weighted by Crippen LogP contribution is -2.38. The van der Waals surface area contributed by atoms with Crippen molar-refractivity contribution in [1.29, 1.82) is 0 Å². The maximum atomic E-state index is 12.9. The van der Waals surface area contributed by atoms with Crippen molar-refractivity contribution >= 4 is 23.2 Å². The molecule has 0 aliphatic carbocycles. The fourth-order valence-electron chi connectivity index (χ4n) is 2.55. The van der Waals surface area contributed by atoms with Crippen LogP contribution in [-0.4, -0.2) is 36.3 Å². The molecule has 1 fully saturated rings. The average molecular weight is 332 g/mol. The third-order valence-corrected chi connectivity index (χ3v) is 4.95. The van der Waals surface area contributed by atoms with E-state index >= 15 is 0 Å². The van der Waals surface area contributed by atoms with Crippen molar-refractivity contribution in [1.82, 2.24) is 10.2 Å². The molecule has 2 aromatic rings. The summed E-state index contributed by atoms with van der Waals surface area (Å²) in [6, 6.07) is 9.70. The van der Waals surface area contributed by atoms with Gasteiger partial charge in [-0.25, -0.2) is 4.39 Å². The first kappa shape index (κ1) is 15.7. The standard InChI is InChI=1S/C17H17FN2O2S/c18-13-5-3-12(4-6-13)14-7-8-15(23-14)17(22)19-11-16(21)20-9-1-2-10-20/h3-8H,1-2,9-11H2,(H,19,22). The molecule has 0 bridgehead atoms. The minimum atomic E-state index is -0.288. The second kappa shape index (κ2) is 6.91. The molecule has 0 unspecified atom stereocenters. The summed E-state index contributed by atoms with van der Waals surface area (Å²) in [6.07, 6.45) is 2.07. The van der Waals surface area contributed by atoms with E-state index in [4.69, 9.17) is 0 Å². The SMILES string of the molecule is O=C(NCC(=O)N1CCCC1)c1ccc(-c2ccc(F)cc2)s1. The van der Waals surface area contributed by atoms with Crippen molar-refractivity contribution < 1.29 is 14.0 Å². The second-order valence-corrected chi connectivity index (χ2v) is 6.53. The molecule has 1 N–H and O–H groups in total. The molecule has 1 aliphatic heterocycles. The number of benzene rings is 1. The highest BCUT2D eigenvalue weighted by molar-refractivity contribution is 7.17. The Labute approximate surface area is 137 Å². The first-order chi connectivity index (χ1) is 11.1. The van der Waals surface area contributed by atoms with Gasteiger partial charge in [0.15, 0.2) is 0 Å². The van der Waals surface area contributed by atoms with Crippen LogP contribution in [0.2, 0.25) is 0 Å². The third kappa shape index (κ3) is 3.76. The van der Waals surface area contributed by atoms with E-state index in [-0.39, 0.29) is 24.2 Å². The first-order valence-electron chi connectivity index (χ1n) is 7.55. The van der Waals surface area contributed by atoms with Gasteiger partial charge in [-0.05, 0) is 42.7 Å². The molecule has 120 valence electrons. The Morgan fingerprint density at radius 3 is 2.48 bits per heavy atom. The Bertz CT molecular complexity index is 706. The van der Waals surface area contributed by atoms with Crippen LogP contribution in [0, 0.1) is 5.82 Å². The summed E-state index contributed by atoms with van der Waals surface area (Å²) in [6.45, 7) is 1.59. The van der Waals surface area contributed by atoms with Gasteiger partial charge in [-0.15, -0.1) is 11.3 Å². The van der Waals surface area contributed by atoms with Gasteiger partial charge in [-0.1, -0.05) is 12.1 Å². The molecule has 1 saturated heterocycles. The van der Waals surface area contributed by atoms with Crippen molar-refractivity contribution in [3.05, 3.63) is 47.1 Å². The van der Waals surface area contributed by atoms with E-state index in [0.29, 0.717) is 4.88 Å². The molecule has 23 heavy (non-hydrogen) atoms. The molecule has 3 rings (SSSR count). The highest BCUT2D eigenvalue weighted by Gasteiger charge is 2.19. The van der Waals surface area contributed by atoms with Crippen LogP contribution >= 0.6 is 11.3 Å². The average Bonchev–Trinajstić information content (AvgIpc) is 3.24. The zero-order valence-electron chi connectivity index (χ0n) is 12.5. The topological polar surface area (TPSA) is 49.4 Å². The number of carbonyl (C=O) groups is 2. The largest absolute Gasteiger partial charge is 0.342 e. The van der Waals surface area contributed by atoms with Crippen LogP contribution in [0.1, 0.15) is 22.5 Å². The predicted molar refractivity (Wildman–Crippen MR) is 87.9 cm³/mol. The Hall–Kier alpha value is -2.21. The van der Waals surface area contributed by atoms with Crippen molar-refractivity contribution in [3.8, 4) is 10.4 Å². The molecule has 1 aliphatic rings. The van der Waals surface area contributed by atoms with Crippen LogP contribution in [0.15, 0.2) is 36.4 Å². The van der Waals surface area contributed by atoms with Crippen LogP contribution < -0.4 is 5.32 Å². The molecule has 0 spiro atoms. The summed E-state index contributed by atoms with van der Waals surface area (Å²) < 4.78 is 12.9. The number of likely N-dealkylation sites (tertiary alicyclic amines) is 1. The molecule has 1 aromatic heterocycles. The van der Waals surface area contributed by atoms with E-state index in [2.05, 4.69) is 5.32 Å². The minimum Gasteiger partial charge on any atom is -0.342 e. The van der Waals surface area contributed by atoms with Gasteiger partial charge in [0, 0.05) is 18.0 Å². The lowest BCUT2D eigenvalue weighted by atomic mass is 10.2. The number of hydrogen-bond donors (Lipinski definition) is 1. The van der Waals surface area contributed by atoms with E-state index in [1.165, 1.54) is 23.5 Å². The molecule has 1 aromatic carbocycles. The molecule has 6 heteroatoms. The third-order valence-electron chi connectivity index (χ3n) is 3.82. The van der Waals surface area contributed by atoms with Crippen molar-refractivity contribution in [3.63, 3.8) is 0 Å². The Morgan fingerprint density at radius 2 is 1.78 bits per heavy atom. The van der Waals surface area contributed by atoms with Gasteiger partial charge in [0.05, 0.1) is 11.4 Å². The van der Waals surface area contributed by atoms with Crippen LogP contribution in [0.3, 0.4) is 0 Å². The lowest BCUT2D eigenvalue weighted by molar-refractivity contribution is -0.129. The van der Waals surface area contributed by atoms with Gasteiger partial charge < -0.3 is 10.2 Å². The van der Waals surface area contributed by atoms with Gasteiger partial charge in [-0.2, -0.15) is 0 Å². The molecule has 0 saturated carbocycles. The maximum Gasteiger partial charge on any atom is 0.261 e. The number of hydrogen-bond acceptors (Lipinski definition) is 3. The Morgan fingerprint density at radius 1 is 1.09 bits per heavy atom. The first-order valence-corrected chi connectivity index (χ1v) is 8.37. The number of amides is 2. The number of halogens is 1. The highest BCUT2D eigenvalue weighted by Crippen LogP contribution is 2.28. The Kier molecular flexibility index (Phi) is 4.71. The fourth-order valence-corrected chi connectivity index (χ4v) is 3.48. The van der Waals surface area contributed by atoms with Crippen LogP contribution in [-0.2, 0) is 4.79 Å². The maximum absolute atomic E-state index is 12.9. The van der Waals surface area contributed by atoms with Crippen molar-refractivity contribution in [2.24, 2.45) is 0 Å². The quantitative estimate of drug-likeness (QED) is 0.936. The molecule has 0 atom stereocenters. The van der Waals surface area contributed by atoms with Gasteiger partial charge >= 0.3 is 0 Å². The zero-order chi connectivity index (χ0) is 16.2. The number of carbonyl (C=O) groups excluding carboxylic acids is 2. The van der Waals surface area contributed by atoms with E-state index in [0.717, 1.165) is 36.4 Å². The van der Waals surface area contributed by atoms with Crippen LogP contribution in [0.4, 0.5) is 4.39 Å². The molecular weight excluding hydrogens is 315 g/mol. The number of nitrogens with zero attached hydrogens (tertiary/aromatic N) is 1. The van der Waals surface area contributed by atoms with E-state index in [1.54, 1.807) is 23.1 Å². The number of nitrogens with one attached hydrogen (secondary N) is 1. The molecule has 4 nitrogen and oxygen atoms in total. The molecular formula is C17H17FN2O2S.